The molecule has 0 aliphatic rings. The molecule has 16 heavy (non-hydrogen) atoms. The molecule has 6 heteroatoms. The van der Waals surface area contributed by atoms with Crippen molar-refractivity contribution < 1.29 is 19.1 Å². The Morgan fingerprint density at radius 3 is 3.00 bits per heavy atom. The molecule has 5 nitrogen and oxygen atoms in total. The molecule has 0 aliphatic heterocycles. The minimum atomic E-state index is -1.05. The van der Waals surface area contributed by atoms with Gasteiger partial charge in [-0.2, -0.15) is 0 Å². The zero-order valence-electron chi connectivity index (χ0n) is 8.30. The van der Waals surface area contributed by atoms with Crippen molar-refractivity contribution in [2.24, 2.45) is 0 Å². The number of ether oxygens (including phenoxy) is 1. The van der Waals surface area contributed by atoms with Crippen LogP contribution in [0.4, 0.5) is 0 Å². The van der Waals surface area contributed by atoms with E-state index in [0.29, 0.717) is 16.0 Å². The largest absolute Gasteiger partial charge is 0.479 e. The maximum absolute atomic E-state index is 10.9. The molecular formula is C10H8O5S. The van der Waals surface area contributed by atoms with Crippen LogP contribution in [0, 0.1) is 0 Å². The second-order valence-corrected chi connectivity index (χ2v) is 4.14. The van der Waals surface area contributed by atoms with E-state index in [4.69, 9.17) is 14.3 Å². The number of hydrogen-bond donors (Lipinski definition) is 1. The SMILES string of the molecule is CC(Oc1ccc2sc(=O)oc2c1)C(=O)O. The first-order valence-electron chi connectivity index (χ1n) is 4.49. The van der Waals surface area contributed by atoms with Crippen LogP contribution in [0.5, 0.6) is 5.75 Å². The van der Waals surface area contributed by atoms with Crippen LogP contribution >= 0.6 is 11.3 Å². The van der Waals surface area contributed by atoms with Crippen molar-refractivity contribution in [3.05, 3.63) is 27.9 Å². The van der Waals surface area contributed by atoms with E-state index in [9.17, 15) is 9.59 Å². The highest BCUT2D eigenvalue weighted by Crippen LogP contribution is 2.23. The van der Waals surface area contributed by atoms with Gasteiger partial charge in [-0.15, -0.1) is 0 Å². The number of fused-ring (bicyclic) bond motifs is 1. The topological polar surface area (TPSA) is 76.7 Å². The van der Waals surface area contributed by atoms with E-state index in [2.05, 4.69) is 0 Å². The number of carboxylic acids is 1. The van der Waals surface area contributed by atoms with E-state index in [-0.39, 0.29) is 0 Å². The van der Waals surface area contributed by atoms with E-state index in [1.165, 1.54) is 13.0 Å². The Morgan fingerprint density at radius 2 is 2.31 bits per heavy atom. The van der Waals surface area contributed by atoms with Gasteiger partial charge in [-0.25, -0.2) is 9.59 Å². The third kappa shape index (κ3) is 2.06. The van der Waals surface area contributed by atoms with Crippen molar-refractivity contribution in [2.45, 2.75) is 13.0 Å². The van der Waals surface area contributed by atoms with Crippen LogP contribution in [-0.4, -0.2) is 17.2 Å². The summed E-state index contributed by atoms with van der Waals surface area (Å²) in [7, 11) is 0. The molecular weight excluding hydrogens is 232 g/mol. The molecule has 0 fully saturated rings. The Hall–Kier alpha value is -1.82. The summed E-state index contributed by atoms with van der Waals surface area (Å²) in [6, 6.07) is 4.77. The monoisotopic (exact) mass is 240 g/mol. The molecule has 1 aromatic carbocycles. The van der Waals surface area contributed by atoms with Gasteiger partial charge in [-0.3, -0.25) is 0 Å². The Bertz CT molecular complexity index is 582. The average molecular weight is 240 g/mol. The summed E-state index contributed by atoms with van der Waals surface area (Å²) in [5.74, 6) is -0.684. The number of carbonyl (C=O) groups is 1. The zero-order valence-corrected chi connectivity index (χ0v) is 9.11. The molecule has 0 amide bonds. The second kappa shape index (κ2) is 3.97. The van der Waals surface area contributed by atoms with Crippen LogP contribution in [0.25, 0.3) is 10.3 Å². The quantitative estimate of drug-likeness (QED) is 0.883. The Labute approximate surface area is 93.9 Å². The lowest BCUT2D eigenvalue weighted by molar-refractivity contribution is -0.144. The minimum absolute atomic E-state index is 0.365. The van der Waals surface area contributed by atoms with E-state index in [0.717, 1.165) is 11.3 Å². The van der Waals surface area contributed by atoms with Gasteiger partial charge >= 0.3 is 10.9 Å². The predicted octanol–water partition coefficient (Wildman–Crippen LogP) is 1.71. The fourth-order valence-corrected chi connectivity index (χ4v) is 1.83. The van der Waals surface area contributed by atoms with Crippen LogP contribution in [0.1, 0.15) is 6.92 Å². The summed E-state index contributed by atoms with van der Waals surface area (Å²) in [5.41, 5.74) is 0.407. The molecule has 0 spiro atoms. The smallest absolute Gasteiger partial charge is 0.396 e. The van der Waals surface area contributed by atoms with Crippen molar-refractivity contribution in [3.8, 4) is 5.75 Å². The number of aliphatic carboxylic acids is 1. The summed E-state index contributed by atoms with van der Waals surface area (Å²) in [6.07, 6.45) is -0.942. The van der Waals surface area contributed by atoms with Crippen molar-refractivity contribution >= 4 is 27.6 Å². The number of carboxylic acid groups (broad SMARTS) is 1. The first kappa shape index (κ1) is 10.7. The third-order valence-electron chi connectivity index (χ3n) is 1.96. The van der Waals surface area contributed by atoms with Crippen LogP contribution in [-0.2, 0) is 4.79 Å². The summed E-state index contributed by atoms with van der Waals surface area (Å²) in [5, 5.41) is 8.66. The molecule has 84 valence electrons. The maximum Gasteiger partial charge on any atom is 0.396 e. The molecule has 1 atom stereocenters. The van der Waals surface area contributed by atoms with Gasteiger partial charge in [-0.05, 0) is 19.1 Å². The molecule has 1 aromatic heterocycles. The molecule has 2 rings (SSSR count). The molecule has 0 aliphatic carbocycles. The van der Waals surface area contributed by atoms with Gasteiger partial charge in [0.05, 0.1) is 4.70 Å². The lowest BCUT2D eigenvalue weighted by atomic mass is 10.3. The molecule has 1 unspecified atom stereocenters. The highest BCUT2D eigenvalue weighted by Gasteiger charge is 2.13. The summed E-state index contributed by atoms with van der Waals surface area (Å²) in [4.78, 5) is 21.1. The first-order chi connectivity index (χ1) is 7.56. The normalized spacial score (nSPS) is 12.6. The summed E-state index contributed by atoms with van der Waals surface area (Å²) in [6.45, 7) is 1.43. The lowest BCUT2D eigenvalue weighted by Crippen LogP contribution is -2.22. The second-order valence-electron chi connectivity index (χ2n) is 3.16. The van der Waals surface area contributed by atoms with Gasteiger partial charge in [0.2, 0.25) is 0 Å². The number of rotatable bonds is 3. The van der Waals surface area contributed by atoms with Crippen molar-refractivity contribution in [3.63, 3.8) is 0 Å². The van der Waals surface area contributed by atoms with Gasteiger partial charge in [-0.1, -0.05) is 11.3 Å². The third-order valence-corrected chi connectivity index (χ3v) is 2.77. The summed E-state index contributed by atoms with van der Waals surface area (Å²) >= 11 is 0.992. The fraction of sp³-hybridized carbons (Fsp3) is 0.200. The molecule has 1 N–H and O–H groups in total. The fourth-order valence-electron chi connectivity index (χ4n) is 1.18. The Balaban J connectivity index is 2.32. The van der Waals surface area contributed by atoms with Crippen LogP contribution in [0.2, 0.25) is 0 Å². The number of benzene rings is 1. The lowest BCUT2D eigenvalue weighted by Gasteiger charge is -2.09. The molecule has 1 heterocycles. The highest BCUT2D eigenvalue weighted by molar-refractivity contribution is 7.16. The standard InChI is InChI=1S/C10H8O5S/c1-5(9(11)12)14-6-2-3-8-7(4-6)15-10(13)16-8/h2-5H,1H3,(H,11,12). The minimum Gasteiger partial charge on any atom is -0.479 e. The van der Waals surface area contributed by atoms with Crippen LogP contribution in [0.15, 0.2) is 27.4 Å². The van der Waals surface area contributed by atoms with E-state index in [1.807, 2.05) is 0 Å². The van der Waals surface area contributed by atoms with Crippen LogP contribution < -0.4 is 9.68 Å². The van der Waals surface area contributed by atoms with E-state index >= 15 is 0 Å². The maximum atomic E-state index is 10.9. The molecule has 0 radical (unpaired) electrons. The van der Waals surface area contributed by atoms with Gasteiger partial charge in [0.25, 0.3) is 0 Å². The van der Waals surface area contributed by atoms with Crippen molar-refractivity contribution in [1.82, 2.24) is 0 Å². The van der Waals surface area contributed by atoms with E-state index < -0.39 is 17.0 Å². The first-order valence-corrected chi connectivity index (χ1v) is 5.31. The van der Waals surface area contributed by atoms with Gasteiger partial charge in [0.1, 0.15) is 5.75 Å². The average Bonchev–Trinajstić information content (AvgIpc) is 2.57. The summed E-state index contributed by atoms with van der Waals surface area (Å²) < 4.78 is 10.7. The molecule has 0 saturated heterocycles. The predicted molar refractivity (Wildman–Crippen MR) is 58.1 cm³/mol. The van der Waals surface area contributed by atoms with E-state index in [1.54, 1.807) is 12.1 Å². The molecule has 0 bridgehead atoms. The van der Waals surface area contributed by atoms with Crippen LogP contribution in [0.3, 0.4) is 0 Å². The molecule has 0 saturated carbocycles. The highest BCUT2D eigenvalue weighted by atomic mass is 32.1. The van der Waals surface area contributed by atoms with Gasteiger partial charge in [0.15, 0.2) is 11.7 Å². The van der Waals surface area contributed by atoms with Crippen molar-refractivity contribution in [1.29, 1.82) is 0 Å². The Morgan fingerprint density at radius 1 is 1.56 bits per heavy atom. The van der Waals surface area contributed by atoms with Gasteiger partial charge in [0, 0.05) is 6.07 Å². The zero-order chi connectivity index (χ0) is 11.7. The Kier molecular flexibility index (Phi) is 2.66. The van der Waals surface area contributed by atoms with Crippen molar-refractivity contribution in [2.75, 3.05) is 0 Å². The van der Waals surface area contributed by atoms with Gasteiger partial charge < -0.3 is 14.3 Å². The molecule has 2 aromatic rings. The number of hydrogen-bond acceptors (Lipinski definition) is 5.